The Hall–Kier alpha value is -0.260. The maximum atomic E-state index is 2.41. The second-order valence-electron chi connectivity index (χ2n) is 5.16. The lowest BCUT2D eigenvalue weighted by Gasteiger charge is -2.35. The van der Waals surface area contributed by atoms with Gasteiger partial charge in [-0.3, -0.25) is 0 Å². The second kappa shape index (κ2) is 2.61. The Kier molecular flexibility index (Phi) is 1.82. The summed E-state index contributed by atoms with van der Waals surface area (Å²) in [6.45, 7) is 7.18. The molecule has 0 spiro atoms. The van der Waals surface area contributed by atoms with Gasteiger partial charge in [-0.25, -0.2) is 0 Å². The second-order valence-corrected chi connectivity index (χ2v) is 5.16. The van der Waals surface area contributed by atoms with Gasteiger partial charge in [-0.2, -0.15) is 0 Å². The van der Waals surface area contributed by atoms with Gasteiger partial charge in [-0.1, -0.05) is 25.0 Å². The highest BCUT2D eigenvalue weighted by molar-refractivity contribution is 5.26. The molecule has 0 N–H and O–H groups in total. The molecule has 1 saturated carbocycles. The lowest BCUT2D eigenvalue weighted by molar-refractivity contribution is 0.327. The van der Waals surface area contributed by atoms with Crippen molar-refractivity contribution in [1.82, 2.24) is 0 Å². The fraction of sp³-hybridized carbons (Fsp3) is 0.833. The van der Waals surface area contributed by atoms with Crippen molar-refractivity contribution in [3.05, 3.63) is 11.1 Å². The molecular formula is C12H20. The van der Waals surface area contributed by atoms with Gasteiger partial charge in [0.25, 0.3) is 0 Å². The summed E-state index contributed by atoms with van der Waals surface area (Å²) in [4.78, 5) is 0. The molecule has 2 aliphatic carbocycles. The van der Waals surface area contributed by atoms with Crippen LogP contribution in [-0.4, -0.2) is 0 Å². The molecule has 0 bridgehead atoms. The van der Waals surface area contributed by atoms with Crippen LogP contribution < -0.4 is 0 Å². The van der Waals surface area contributed by atoms with E-state index < -0.39 is 0 Å². The Morgan fingerprint density at radius 1 is 1.25 bits per heavy atom. The standard InChI is InChI=1S/C12H20/c1-9-11-6-4-5-10(11)7-8-12(9,2)3/h10H,4-8H2,1-3H3. The third kappa shape index (κ3) is 1.12. The molecule has 0 heteroatoms. The molecule has 1 atom stereocenters. The number of fused-ring (bicyclic) bond motifs is 1. The Bertz CT molecular complexity index is 220. The lowest BCUT2D eigenvalue weighted by Crippen LogP contribution is -2.22. The van der Waals surface area contributed by atoms with Crippen LogP contribution in [0.25, 0.3) is 0 Å². The first kappa shape index (κ1) is 8.34. The van der Waals surface area contributed by atoms with Crippen molar-refractivity contribution in [2.24, 2.45) is 11.3 Å². The normalized spacial score (nSPS) is 33.8. The van der Waals surface area contributed by atoms with Crippen molar-refractivity contribution in [3.63, 3.8) is 0 Å². The van der Waals surface area contributed by atoms with Crippen LogP contribution >= 0.6 is 0 Å². The highest BCUT2D eigenvalue weighted by Crippen LogP contribution is 2.48. The maximum Gasteiger partial charge on any atom is -0.0144 e. The average molecular weight is 164 g/mol. The van der Waals surface area contributed by atoms with Crippen LogP contribution in [0.4, 0.5) is 0 Å². The molecule has 68 valence electrons. The lowest BCUT2D eigenvalue weighted by atomic mass is 9.70. The van der Waals surface area contributed by atoms with Crippen LogP contribution in [-0.2, 0) is 0 Å². The zero-order chi connectivity index (χ0) is 8.77. The van der Waals surface area contributed by atoms with Gasteiger partial charge in [-0.15, -0.1) is 0 Å². The van der Waals surface area contributed by atoms with Crippen molar-refractivity contribution in [1.29, 1.82) is 0 Å². The van der Waals surface area contributed by atoms with E-state index in [4.69, 9.17) is 0 Å². The summed E-state index contributed by atoms with van der Waals surface area (Å²) >= 11 is 0. The summed E-state index contributed by atoms with van der Waals surface area (Å²) in [5.74, 6) is 0.984. The smallest absolute Gasteiger partial charge is 0.0144 e. The molecule has 2 aliphatic rings. The molecular weight excluding hydrogens is 144 g/mol. The minimum absolute atomic E-state index is 0.510. The molecule has 0 aliphatic heterocycles. The molecule has 0 saturated heterocycles. The number of hydrogen-bond acceptors (Lipinski definition) is 0. The highest BCUT2D eigenvalue weighted by atomic mass is 14.4. The fourth-order valence-electron chi connectivity index (χ4n) is 2.89. The zero-order valence-electron chi connectivity index (χ0n) is 8.61. The molecule has 1 fully saturated rings. The van der Waals surface area contributed by atoms with Crippen molar-refractivity contribution in [2.45, 2.75) is 52.9 Å². The topological polar surface area (TPSA) is 0 Å². The first-order valence-corrected chi connectivity index (χ1v) is 5.31. The average Bonchev–Trinajstić information content (AvgIpc) is 2.45. The molecule has 0 nitrogen and oxygen atoms in total. The van der Waals surface area contributed by atoms with Crippen LogP contribution in [0.3, 0.4) is 0 Å². The fourth-order valence-corrected chi connectivity index (χ4v) is 2.89. The number of rotatable bonds is 0. The number of hydrogen-bond donors (Lipinski definition) is 0. The van der Waals surface area contributed by atoms with E-state index in [9.17, 15) is 0 Å². The van der Waals surface area contributed by atoms with E-state index in [-0.39, 0.29) is 0 Å². The van der Waals surface area contributed by atoms with Gasteiger partial charge in [0.15, 0.2) is 0 Å². The first-order chi connectivity index (χ1) is 5.61. The van der Waals surface area contributed by atoms with Crippen molar-refractivity contribution in [2.75, 3.05) is 0 Å². The predicted molar refractivity (Wildman–Crippen MR) is 53.1 cm³/mol. The van der Waals surface area contributed by atoms with Crippen LogP contribution in [0.2, 0.25) is 0 Å². The van der Waals surface area contributed by atoms with E-state index in [1.165, 1.54) is 32.1 Å². The van der Waals surface area contributed by atoms with Crippen molar-refractivity contribution >= 4 is 0 Å². The van der Waals surface area contributed by atoms with Gasteiger partial charge in [0.05, 0.1) is 0 Å². The maximum absolute atomic E-state index is 2.41. The summed E-state index contributed by atoms with van der Waals surface area (Å²) in [5.41, 5.74) is 4.05. The summed E-state index contributed by atoms with van der Waals surface area (Å²) < 4.78 is 0. The molecule has 0 amide bonds. The van der Waals surface area contributed by atoms with Crippen LogP contribution in [0.15, 0.2) is 11.1 Å². The molecule has 12 heavy (non-hydrogen) atoms. The van der Waals surface area contributed by atoms with Crippen LogP contribution in [0.1, 0.15) is 52.9 Å². The molecule has 2 rings (SSSR count). The Morgan fingerprint density at radius 3 is 2.75 bits per heavy atom. The zero-order valence-corrected chi connectivity index (χ0v) is 8.61. The summed E-state index contributed by atoms with van der Waals surface area (Å²) in [6.07, 6.45) is 7.20. The van der Waals surface area contributed by atoms with Crippen LogP contribution in [0.5, 0.6) is 0 Å². The molecule has 0 radical (unpaired) electrons. The summed E-state index contributed by atoms with van der Waals surface area (Å²) in [6, 6.07) is 0. The monoisotopic (exact) mass is 164 g/mol. The first-order valence-electron chi connectivity index (χ1n) is 5.31. The van der Waals surface area contributed by atoms with E-state index >= 15 is 0 Å². The highest BCUT2D eigenvalue weighted by Gasteiger charge is 2.34. The van der Waals surface area contributed by atoms with Crippen molar-refractivity contribution in [3.8, 4) is 0 Å². The Labute approximate surface area is 76.1 Å². The van der Waals surface area contributed by atoms with Crippen molar-refractivity contribution < 1.29 is 0 Å². The third-order valence-corrected chi connectivity index (χ3v) is 4.11. The molecule has 0 aromatic rings. The quantitative estimate of drug-likeness (QED) is 0.476. The Morgan fingerprint density at radius 2 is 2.00 bits per heavy atom. The predicted octanol–water partition coefficient (Wildman–Crippen LogP) is 3.92. The minimum Gasteiger partial charge on any atom is -0.0682 e. The SMILES string of the molecule is CC1=C2CCCC2CCC1(C)C. The van der Waals surface area contributed by atoms with Gasteiger partial charge >= 0.3 is 0 Å². The van der Waals surface area contributed by atoms with Gasteiger partial charge in [-0.05, 0) is 50.4 Å². The molecule has 0 aromatic heterocycles. The Balaban J connectivity index is 2.36. The van der Waals surface area contributed by atoms with Gasteiger partial charge < -0.3 is 0 Å². The third-order valence-electron chi connectivity index (χ3n) is 4.11. The molecule has 0 heterocycles. The number of allylic oxidation sites excluding steroid dienone is 2. The van der Waals surface area contributed by atoms with Crippen LogP contribution in [0, 0.1) is 11.3 Å². The van der Waals surface area contributed by atoms with E-state index in [1.807, 2.05) is 5.57 Å². The molecule has 1 unspecified atom stereocenters. The van der Waals surface area contributed by atoms with Gasteiger partial charge in [0.1, 0.15) is 0 Å². The van der Waals surface area contributed by atoms with E-state index in [0.717, 1.165) is 5.92 Å². The van der Waals surface area contributed by atoms with E-state index in [0.29, 0.717) is 5.41 Å². The summed E-state index contributed by atoms with van der Waals surface area (Å²) in [5, 5.41) is 0. The molecule has 0 aromatic carbocycles. The van der Waals surface area contributed by atoms with E-state index in [1.54, 1.807) is 5.57 Å². The van der Waals surface area contributed by atoms with Gasteiger partial charge in [0, 0.05) is 0 Å². The van der Waals surface area contributed by atoms with E-state index in [2.05, 4.69) is 20.8 Å². The summed E-state index contributed by atoms with van der Waals surface area (Å²) in [7, 11) is 0. The van der Waals surface area contributed by atoms with Gasteiger partial charge in [0.2, 0.25) is 0 Å². The minimum atomic E-state index is 0.510. The largest absolute Gasteiger partial charge is 0.0682 e.